The Morgan fingerprint density at radius 2 is 2.21 bits per heavy atom. The van der Waals surface area contributed by atoms with Crippen molar-refractivity contribution in [3.8, 4) is 0 Å². The van der Waals surface area contributed by atoms with Gasteiger partial charge in [-0.1, -0.05) is 0 Å². The molecule has 1 aromatic carbocycles. The van der Waals surface area contributed by atoms with E-state index >= 15 is 0 Å². The van der Waals surface area contributed by atoms with Crippen LogP contribution in [0.2, 0.25) is 0 Å². The van der Waals surface area contributed by atoms with Crippen LogP contribution in [0.4, 0.5) is 11.4 Å². The number of esters is 1. The summed E-state index contributed by atoms with van der Waals surface area (Å²) in [6.45, 7) is 2.14. The number of nitrogens with two attached hydrogens (primary N) is 1. The number of ether oxygens (including phenoxy) is 1. The molecule has 0 spiro atoms. The highest BCUT2D eigenvalue weighted by atomic mass is 32.2. The Labute approximate surface area is 112 Å². The summed E-state index contributed by atoms with van der Waals surface area (Å²) in [7, 11) is -3.69. The first-order valence-corrected chi connectivity index (χ1v) is 7.59. The van der Waals surface area contributed by atoms with Crippen molar-refractivity contribution >= 4 is 27.4 Å². The number of nitrogen functional groups attached to an aromatic ring is 1. The molecule has 0 fully saturated rings. The molecule has 0 saturated carbocycles. The van der Waals surface area contributed by atoms with Crippen LogP contribution in [-0.2, 0) is 26.0 Å². The van der Waals surface area contributed by atoms with Crippen molar-refractivity contribution in [1.29, 1.82) is 0 Å². The van der Waals surface area contributed by atoms with Crippen molar-refractivity contribution in [1.82, 2.24) is 0 Å². The summed E-state index contributed by atoms with van der Waals surface area (Å²) in [6.07, 6.45) is 0.600. The van der Waals surface area contributed by atoms with Gasteiger partial charge in [0.15, 0.2) is 5.75 Å². The molecular formula is C12H16N2O4S. The maximum atomic E-state index is 12.2. The minimum absolute atomic E-state index is 0.168. The first-order chi connectivity index (χ1) is 8.94. The Morgan fingerprint density at radius 3 is 2.89 bits per heavy atom. The monoisotopic (exact) mass is 284 g/mol. The molecule has 1 aliphatic heterocycles. The highest BCUT2D eigenvalue weighted by molar-refractivity contribution is 7.93. The van der Waals surface area contributed by atoms with Gasteiger partial charge in [0.1, 0.15) is 0 Å². The summed E-state index contributed by atoms with van der Waals surface area (Å²) in [5.41, 5.74) is 7.74. The van der Waals surface area contributed by atoms with Gasteiger partial charge in [0, 0.05) is 12.2 Å². The molecule has 0 radical (unpaired) electrons. The Bertz CT molecular complexity index is 598. The van der Waals surface area contributed by atoms with Crippen LogP contribution < -0.4 is 10.0 Å². The number of carbonyl (C=O) groups excluding carboxylic acids is 1. The lowest BCUT2D eigenvalue weighted by atomic mass is 10.1. The number of benzene rings is 1. The van der Waals surface area contributed by atoms with E-state index in [9.17, 15) is 13.2 Å². The smallest absolute Gasteiger partial charge is 0.323 e. The third kappa shape index (κ3) is 2.81. The van der Waals surface area contributed by atoms with Gasteiger partial charge in [0.05, 0.1) is 12.3 Å². The SMILES string of the molecule is CCOC(=O)CS(=O)(=O)N1CCc2cc(N)ccc21. The molecule has 0 bridgehead atoms. The second kappa shape index (κ2) is 5.08. The number of carbonyl (C=O) groups is 1. The number of rotatable bonds is 4. The predicted octanol–water partition coefficient (Wildman–Crippen LogP) is 0.524. The van der Waals surface area contributed by atoms with Crippen LogP contribution in [0.3, 0.4) is 0 Å². The fourth-order valence-electron chi connectivity index (χ4n) is 2.11. The van der Waals surface area contributed by atoms with Gasteiger partial charge in [0.25, 0.3) is 0 Å². The Morgan fingerprint density at radius 1 is 1.47 bits per heavy atom. The second-order valence-electron chi connectivity index (χ2n) is 4.27. The van der Waals surface area contributed by atoms with Gasteiger partial charge in [-0.15, -0.1) is 0 Å². The van der Waals surface area contributed by atoms with E-state index < -0.39 is 21.7 Å². The molecule has 0 aliphatic carbocycles. The third-order valence-corrected chi connectivity index (χ3v) is 4.55. The van der Waals surface area contributed by atoms with Crippen molar-refractivity contribution in [3.63, 3.8) is 0 Å². The van der Waals surface area contributed by atoms with E-state index in [1.54, 1.807) is 25.1 Å². The zero-order valence-corrected chi connectivity index (χ0v) is 11.4. The topological polar surface area (TPSA) is 89.7 Å². The maximum Gasteiger partial charge on any atom is 0.323 e. The number of fused-ring (bicyclic) bond motifs is 1. The molecule has 0 atom stereocenters. The molecule has 19 heavy (non-hydrogen) atoms. The third-order valence-electron chi connectivity index (χ3n) is 2.90. The molecule has 2 N–H and O–H groups in total. The molecule has 1 aliphatic rings. The van der Waals surface area contributed by atoms with Crippen molar-refractivity contribution in [3.05, 3.63) is 23.8 Å². The van der Waals surface area contributed by atoms with E-state index in [-0.39, 0.29) is 6.61 Å². The molecule has 0 aromatic heterocycles. The number of hydrogen-bond donors (Lipinski definition) is 1. The minimum atomic E-state index is -3.69. The lowest BCUT2D eigenvalue weighted by molar-refractivity contribution is -0.139. The molecule has 2 rings (SSSR count). The van der Waals surface area contributed by atoms with Crippen LogP contribution >= 0.6 is 0 Å². The highest BCUT2D eigenvalue weighted by Crippen LogP contribution is 2.31. The van der Waals surface area contributed by atoms with E-state index in [4.69, 9.17) is 5.73 Å². The summed E-state index contributed by atoms with van der Waals surface area (Å²) in [5.74, 6) is -1.36. The summed E-state index contributed by atoms with van der Waals surface area (Å²) in [6, 6.07) is 5.08. The van der Waals surface area contributed by atoms with Crippen LogP contribution in [0, 0.1) is 0 Å². The van der Waals surface area contributed by atoms with E-state index in [0.29, 0.717) is 24.3 Å². The molecular weight excluding hydrogens is 268 g/mol. The Hall–Kier alpha value is -1.76. The average molecular weight is 284 g/mol. The summed E-state index contributed by atoms with van der Waals surface area (Å²) in [4.78, 5) is 11.3. The van der Waals surface area contributed by atoms with E-state index in [1.165, 1.54) is 4.31 Å². The Balaban J connectivity index is 2.23. The maximum absolute atomic E-state index is 12.2. The zero-order chi connectivity index (χ0) is 14.0. The number of anilines is 2. The number of hydrogen-bond acceptors (Lipinski definition) is 5. The summed E-state index contributed by atoms with van der Waals surface area (Å²) < 4.78 is 30.2. The van der Waals surface area contributed by atoms with Crippen LogP contribution in [0.1, 0.15) is 12.5 Å². The van der Waals surface area contributed by atoms with Crippen molar-refractivity contribution < 1.29 is 17.9 Å². The second-order valence-corrected chi connectivity index (χ2v) is 6.16. The molecule has 104 valence electrons. The first-order valence-electron chi connectivity index (χ1n) is 5.98. The molecule has 6 nitrogen and oxygen atoms in total. The van der Waals surface area contributed by atoms with Crippen molar-refractivity contribution in [2.75, 3.05) is 28.9 Å². The lowest BCUT2D eigenvalue weighted by Gasteiger charge is -2.18. The van der Waals surface area contributed by atoms with Crippen LogP contribution in [0.5, 0.6) is 0 Å². The summed E-state index contributed by atoms with van der Waals surface area (Å²) >= 11 is 0. The van der Waals surface area contributed by atoms with Crippen LogP contribution in [0.25, 0.3) is 0 Å². The molecule has 1 heterocycles. The average Bonchev–Trinajstić information content (AvgIpc) is 2.71. The number of nitrogens with zero attached hydrogens (tertiary/aromatic N) is 1. The van der Waals surface area contributed by atoms with Gasteiger partial charge in [0.2, 0.25) is 10.0 Å². The summed E-state index contributed by atoms with van der Waals surface area (Å²) in [5, 5.41) is 0. The van der Waals surface area contributed by atoms with Gasteiger partial charge in [-0.25, -0.2) is 8.42 Å². The van der Waals surface area contributed by atoms with Gasteiger partial charge in [-0.05, 0) is 37.1 Å². The molecule has 0 unspecified atom stereocenters. The van der Waals surface area contributed by atoms with E-state index in [2.05, 4.69) is 4.74 Å². The van der Waals surface area contributed by atoms with Crippen LogP contribution in [0.15, 0.2) is 18.2 Å². The largest absolute Gasteiger partial charge is 0.465 e. The van der Waals surface area contributed by atoms with Crippen LogP contribution in [-0.4, -0.2) is 33.3 Å². The van der Waals surface area contributed by atoms with Gasteiger partial charge in [-0.3, -0.25) is 9.10 Å². The van der Waals surface area contributed by atoms with Gasteiger partial charge >= 0.3 is 5.97 Å². The Kier molecular flexibility index (Phi) is 3.66. The van der Waals surface area contributed by atoms with E-state index in [1.807, 2.05) is 0 Å². The molecule has 7 heteroatoms. The molecule has 0 saturated heterocycles. The first kappa shape index (κ1) is 13.7. The van der Waals surface area contributed by atoms with E-state index in [0.717, 1.165) is 5.56 Å². The fraction of sp³-hybridized carbons (Fsp3) is 0.417. The quantitative estimate of drug-likeness (QED) is 0.643. The number of sulfonamides is 1. The van der Waals surface area contributed by atoms with Gasteiger partial charge < -0.3 is 10.5 Å². The minimum Gasteiger partial charge on any atom is -0.465 e. The molecule has 0 amide bonds. The zero-order valence-electron chi connectivity index (χ0n) is 10.6. The molecule has 1 aromatic rings. The normalized spacial score (nSPS) is 14.3. The lowest BCUT2D eigenvalue weighted by Crippen LogP contribution is -2.34. The predicted molar refractivity (Wildman–Crippen MR) is 72.3 cm³/mol. The fourth-order valence-corrected chi connectivity index (χ4v) is 3.49. The van der Waals surface area contributed by atoms with Crippen molar-refractivity contribution in [2.45, 2.75) is 13.3 Å². The highest BCUT2D eigenvalue weighted by Gasteiger charge is 2.31. The van der Waals surface area contributed by atoms with Crippen molar-refractivity contribution in [2.24, 2.45) is 0 Å². The van der Waals surface area contributed by atoms with Gasteiger partial charge in [-0.2, -0.15) is 0 Å². The standard InChI is InChI=1S/C12H16N2O4S/c1-2-18-12(15)8-19(16,17)14-6-5-9-7-10(13)3-4-11(9)14/h3-4,7H,2,5-6,8,13H2,1H3.